The monoisotopic (exact) mass is 392 g/mol. The fourth-order valence-corrected chi connectivity index (χ4v) is 3.96. The molecule has 150 valence electrons. The Kier molecular flexibility index (Phi) is 5.36. The van der Waals surface area contributed by atoms with Crippen LogP contribution in [-0.2, 0) is 9.53 Å². The summed E-state index contributed by atoms with van der Waals surface area (Å²) >= 11 is 0. The molecule has 2 aromatic carbocycles. The quantitative estimate of drug-likeness (QED) is 0.642. The van der Waals surface area contributed by atoms with E-state index >= 15 is 0 Å². The minimum atomic E-state index is -0.495. The lowest BCUT2D eigenvalue weighted by molar-refractivity contribution is -0.118. The van der Waals surface area contributed by atoms with Crippen LogP contribution in [-0.4, -0.2) is 31.1 Å². The maximum atomic E-state index is 13.0. The molecule has 2 atom stereocenters. The van der Waals surface area contributed by atoms with Crippen molar-refractivity contribution in [1.82, 2.24) is 5.32 Å². The zero-order valence-corrected chi connectivity index (χ0v) is 16.5. The first kappa shape index (κ1) is 19.2. The number of anilines is 1. The van der Waals surface area contributed by atoms with Gasteiger partial charge in [0.15, 0.2) is 0 Å². The van der Waals surface area contributed by atoms with Gasteiger partial charge in [-0.25, -0.2) is 4.79 Å². The van der Waals surface area contributed by atoms with Crippen LogP contribution in [0, 0.1) is 6.92 Å². The average molecular weight is 392 g/mol. The number of carbonyl (C=O) groups is 2. The van der Waals surface area contributed by atoms with Crippen LogP contribution in [0.3, 0.4) is 0 Å². The van der Waals surface area contributed by atoms with Gasteiger partial charge in [0.25, 0.3) is 0 Å². The van der Waals surface area contributed by atoms with Gasteiger partial charge in [-0.1, -0.05) is 24.3 Å². The van der Waals surface area contributed by atoms with Gasteiger partial charge in [-0.2, -0.15) is 0 Å². The molecule has 1 amide bonds. The van der Waals surface area contributed by atoms with Crippen molar-refractivity contribution < 1.29 is 18.7 Å². The third-order valence-corrected chi connectivity index (χ3v) is 5.35. The van der Waals surface area contributed by atoms with Crippen LogP contribution >= 0.6 is 0 Å². The summed E-state index contributed by atoms with van der Waals surface area (Å²) in [4.78, 5) is 24.8. The Morgan fingerprint density at radius 2 is 2.03 bits per heavy atom. The van der Waals surface area contributed by atoms with Gasteiger partial charge in [-0.05, 0) is 62.2 Å². The Morgan fingerprint density at radius 1 is 1.21 bits per heavy atom. The Labute approximate surface area is 169 Å². The van der Waals surface area contributed by atoms with Gasteiger partial charge in [-0.15, -0.1) is 0 Å². The number of hydrogen-bond acceptors (Lipinski definition) is 5. The van der Waals surface area contributed by atoms with Crippen LogP contribution in [0.5, 0.6) is 0 Å². The summed E-state index contributed by atoms with van der Waals surface area (Å²) in [6, 6.07) is 14.9. The smallest absolute Gasteiger partial charge is 0.374 e. The molecule has 1 aromatic heterocycles. The fraction of sp³-hybridized carbons (Fsp3) is 0.304. The molecule has 0 saturated carbocycles. The van der Waals surface area contributed by atoms with E-state index in [0.29, 0.717) is 11.3 Å². The number of fused-ring (bicyclic) bond motifs is 1. The number of furan rings is 1. The van der Waals surface area contributed by atoms with Crippen LogP contribution < -0.4 is 10.6 Å². The number of amides is 1. The molecule has 0 bridgehead atoms. The predicted molar refractivity (Wildman–Crippen MR) is 111 cm³/mol. The van der Waals surface area contributed by atoms with E-state index in [1.807, 2.05) is 12.1 Å². The van der Waals surface area contributed by atoms with E-state index in [9.17, 15) is 9.59 Å². The van der Waals surface area contributed by atoms with Crippen LogP contribution in [0.1, 0.15) is 40.9 Å². The van der Waals surface area contributed by atoms with E-state index in [4.69, 9.17) is 9.15 Å². The summed E-state index contributed by atoms with van der Waals surface area (Å²) in [6.07, 6.45) is 0.923. The second-order valence-electron chi connectivity index (χ2n) is 7.26. The summed E-state index contributed by atoms with van der Waals surface area (Å²) in [7, 11) is 0. The van der Waals surface area contributed by atoms with Gasteiger partial charge in [-0.3, -0.25) is 4.79 Å². The van der Waals surface area contributed by atoms with Crippen LogP contribution in [0.4, 0.5) is 5.69 Å². The van der Waals surface area contributed by atoms with Gasteiger partial charge in [0.1, 0.15) is 5.58 Å². The minimum absolute atomic E-state index is 0.0655. The van der Waals surface area contributed by atoms with Gasteiger partial charge < -0.3 is 19.8 Å². The predicted octanol–water partition coefficient (Wildman–Crippen LogP) is 4.00. The summed E-state index contributed by atoms with van der Waals surface area (Å²) in [5.74, 6) is -0.263. The van der Waals surface area contributed by atoms with Crippen LogP contribution in [0.25, 0.3) is 11.0 Å². The Hall–Kier alpha value is -3.12. The van der Waals surface area contributed by atoms with Crippen LogP contribution in [0.2, 0.25) is 0 Å². The first-order valence-electron chi connectivity index (χ1n) is 9.87. The number of esters is 1. The van der Waals surface area contributed by atoms with Crippen molar-refractivity contribution in [2.75, 3.05) is 18.5 Å². The highest BCUT2D eigenvalue weighted by molar-refractivity contribution is 5.98. The topological polar surface area (TPSA) is 80.6 Å². The molecule has 1 fully saturated rings. The molecule has 29 heavy (non-hydrogen) atoms. The molecule has 0 radical (unpaired) electrons. The van der Waals surface area contributed by atoms with E-state index in [-0.39, 0.29) is 30.2 Å². The minimum Gasteiger partial charge on any atom is -0.460 e. The molecule has 1 aliphatic heterocycles. The summed E-state index contributed by atoms with van der Waals surface area (Å²) in [5.41, 5.74) is 3.64. The van der Waals surface area contributed by atoms with Crippen molar-refractivity contribution >= 4 is 28.5 Å². The molecule has 3 aromatic rings. The molecule has 6 heteroatoms. The lowest BCUT2D eigenvalue weighted by Gasteiger charge is -2.21. The summed E-state index contributed by atoms with van der Waals surface area (Å²) in [5, 5.41) is 7.07. The number of rotatable bonds is 5. The number of nitrogens with one attached hydrogen (secondary N) is 2. The van der Waals surface area contributed by atoms with Crippen molar-refractivity contribution in [2.24, 2.45) is 0 Å². The maximum absolute atomic E-state index is 13.0. The van der Waals surface area contributed by atoms with E-state index in [2.05, 4.69) is 29.7 Å². The van der Waals surface area contributed by atoms with Crippen molar-refractivity contribution in [3.8, 4) is 0 Å². The number of aryl methyl sites for hydroxylation is 1. The molecule has 2 N–H and O–H groups in total. The van der Waals surface area contributed by atoms with Crippen molar-refractivity contribution in [3.63, 3.8) is 0 Å². The Bertz CT molecular complexity index is 1060. The number of benzene rings is 2. The zero-order chi connectivity index (χ0) is 20.4. The van der Waals surface area contributed by atoms with Crippen molar-refractivity contribution in [3.05, 3.63) is 65.4 Å². The van der Waals surface area contributed by atoms with E-state index < -0.39 is 5.97 Å². The van der Waals surface area contributed by atoms with Crippen LogP contribution in [0.15, 0.2) is 52.9 Å². The molecular formula is C23H24N2O4. The number of ether oxygens (including phenoxy) is 1. The average Bonchev–Trinajstić information content (AvgIpc) is 3.35. The molecule has 0 spiro atoms. The molecule has 4 rings (SSSR count). The second kappa shape index (κ2) is 8.09. The lowest BCUT2D eigenvalue weighted by atomic mass is 9.88. The van der Waals surface area contributed by atoms with E-state index in [1.54, 1.807) is 31.2 Å². The van der Waals surface area contributed by atoms with Gasteiger partial charge in [0, 0.05) is 17.0 Å². The van der Waals surface area contributed by atoms with E-state index in [0.717, 1.165) is 18.4 Å². The Balaban J connectivity index is 1.52. The molecule has 1 saturated heterocycles. The second-order valence-corrected chi connectivity index (χ2v) is 7.26. The van der Waals surface area contributed by atoms with Gasteiger partial charge in [0.05, 0.1) is 12.6 Å². The van der Waals surface area contributed by atoms with Crippen molar-refractivity contribution in [1.29, 1.82) is 0 Å². The largest absolute Gasteiger partial charge is 0.460 e. The van der Waals surface area contributed by atoms with Crippen molar-refractivity contribution in [2.45, 2.75) is 32.2 Å². The fourth-order valence-electron chi connectivity index (χ4n) is 3.96. The van der Waals surface area contributed by atoms with Gasteiger partial charge >= 0.3 is 5.97 Å². The highest BCUT2D eigenvalue weighted by atomic mass is 16.5. The first-order valence-corrected chi connectivity index (χ1v) is 9.87. The number of hydrogen-bond donors (Lipinski definition) is 2. The SMILES string of the molecule is CCOC(=O)c1cc2cc(NC(=O)[C@H]3NCC[C@H]3c3ccccc3C)ccc2o1. The van der Waals surface area contributed by atoms with E-state index in [1.165, 1.54) is 11.1 Å². The van der Waals surface area contributed by atoms with Gasteiger partial charge in [0.2, 0.25) is 11.7 Å². The molecule has 1 aliphatic rings. The standard InChI is InChI=1S/C23H24N2O4/c1-3-28-23(27)20-13-15-12-16(8-9-19(15)29-20)25-22(26)21-18(10-11-24-21)17-7-5-4-6-14(17)2/h4-9,12-13,18,21,24H,3,10-11H2,1-2H3,(H,25,26)/t18-,21-/m0/s1. The third kappa shape index (κ3) is 3.89. The summed E-state index contributed by atoms with van der Waals surface area (Å²) in [6.45, 7) is 4.92. The Morgan fingerprint density at radius 3 is 2.83 bits per heavy atom. The zero-order valence-electron chi connectivity index (χ0n) is 16.5. The highest BCUT2D eigenvalue weighted by Crippen LogP contribution is 2.31. The normalized spacial score (nSPS) is 18.7. The summed E-state index contributed by atoms with van der Waals surface area (Å²) < 4.78 is 10.5. The lowest BCUT2D eigenvalue weighted by Crippen LogP contribution is -2.39. The molecule has 0 aliphatic carbocycles. The highest BCUT2D eigenvalue weighted by Gasteiger charge is 2.34. The first-order chi connectivity index (χ1) is 14.1. The maximum Gasteiger partial charge on any atom is 0.374 e. The molecule has 6 nitrogen and oxygen atoms in total. The number of carbonyl (C=O) groups excluding carboxylic acids is 2. The molecule has 2 heterocycles. The molecular weight excluding hydrogens is 368 g/mol. The third-order valence-electron chi connectivity index (χ3n) is 5.35. The molecule has 0 unspecified atom stereocenters.